The molecular formula is C17H24N2O2. The Morgan fingerprint density at radius 3 is 2.57 bits per heavy atom. The van der Waals surface area contributed by atoms with Crippen LogP contribution in [0.2, 0.25) is 0 Å². The van der Waals surface area contributed by atoms with E-state index in [1.807, 2.05) is 50.8 Å². The molecule has 4 heteroatoms. The maximum absolute atomic E-state index is 12.4. The fraction of sp³-hybridized carbons (Fsp3) is 0.529. The molecule has 1 heterocycles. The molecule has 2 rings (SSSR count). The minimum atomic E-state index is -0.211. The molecule has 1 fully saturated rings. The van der Waals surface area contributed by atoms with E-state index in [4.69, 9.17) is 0 Å². The number of hydrogen-bond acceptors (Lipinski definition) is 2. The van der Waals surface area contributed by atoms with Gasteiger partial charge >= 0.3 is 0 Å². The fourth-order valence-electron chi connectivity index (χ4n) is 2.91. The highest BCUT2D eigenvalue weighted by Gasteiger charge is 2.37. The van der Waals surface area contributed by atoms with Gasteiger partial charge in [-0.15, -0.1) is 0 Å². The first-order chi connectivity index (χ1) is 9.97. The van der Waals surface area contributed by atoms with E-state index in [1.54, 1.807) is 4.90 Å². The van der Waals surface area contributed by atoms with Crippen molar-refractivity contribution < 1.29 is 9.59 Å². The highest BCUT2D eigenvalue weighted by atomic mass is 16.2. The van der Waals surface area contributed by atoms with E-state index in [0.29, 0.717) is 26.1 Å². The van der Waals surface area contributed by atoms with Gasteiger partial charge in [-0.05, 0) is 44.9 Å². The summed E-state index contributed by atoms with van der Waals surface area (Å²) in [6.45, 7) is 9.86. The minimum absolute atomic E-state index is 0.0502. The van der Waals surface area contributed by atoms with E-state index in [9.17, 15) is 9.59 Å². The van der Waals surface area contributed by atoms with Crippen molar-refractivity contribution in [1.29, 1.82) is 0 Å². The van der Waals surface area contributed by atoms with Crippen molar-refractivity contribution in [2.45, 2.75) is 34.1 Å². The highest BCUT2D eigenvalue weighted by Crippen LogP contribution is 2.29. The molecule has 1 atom stereocenters. The lowest BCUT2D eigenvalue weighted by atomic mass is 10.1. The van der Waals surface area contributed by atoms with Crippen LogP contribution in [0.3, 0.4) is 0 Å². The van der Waals surface area contributed by atoms with Crippen LogP contribution in [0.5, 0.6) is 0 Å². The molecule has 1 aromatic carbocycles. The number of hydrogen-bond donors (Lipinski definition) is 0. The predicted octanol–water partition coefficient (Wildman–Crippen LogP) is 2.52. The first-order valence-corrected chi connectivity index (χ1v) is 7.64. The molecule has 0 spiro atoms. The molecule has 114 valence electrons. The van der Waals surface area contributed by atoms with Crippen molar-refractivity contribution in [2.75, 3.05) is 24.5 Å². The predicted molar refractivity (Wildman–Crippen MR) is 84.3 cm³/mol. The topological polar surface area (TPSA) is 40.6 Å². The number of benzene rings is 1. The smallest absolute Gasteiger partial charge is 0.227 e. The van der Waals surface area contributed by atoms with Gasteiger partial charge in [0, 0.05) is 31.7 Å². The number of carbonyl (C=O) groups is 2. The summed E-state index contributed by atoms with van der Waals surface area (Å²) >= 11 is 0. The molecule has 1 aromatic rings. The molecule has 2 amide bonds. The van der Waals surface area contributed by atoms with E-state index in [0.717, 1.165) is 16.8 Å². The molecule has 21 heavy (non-hydrogen) atoms. The second-order valence-corrected chi connectivity index (χ2v) is 5.71. The molecule has 1 aliphatic rings. The third-order valence-corrected chi connectivity index (χ3v) is 4.20. The van der Waals surface area contributed by atoms with Crippen LogP contribution < -0.4 is 4.90 Å². The van der Waals surface area contributed by atoms with Crippen LogP contribution >= 0.6 is 0 Å². The molecule has 0 bridgehead atoms. The van der Waals surface area contributed by atoms with E-state index in [2.05, 4.69) is 0 Å². The van der Waals surface area contributed by atoms with Crippen molar-refractivity contribution >= 4 is 17.5 Å². The summed E-state index contributed by atoms with van der Waals surface area (Å²) < 4.78 is 0. The summed E-state index contributed by atoms with van der Waals surface area (Å²) in [5.41, 5.74) is 3.14. The average molecular weight is 288 g/mol. The number of anilines is 1. The van der Waals surface area contributed by atoms with E-state index in [1.165, 1.54) is 0 Å². The van der Waals surface area contributed by atoms with Gasteiger partial charge in [-0.2, -0.15) is 0 Å². The maximum atomic E-state index is 12.4. The van der Waals surface area contributed by atoms with Crippen molar-refractivity contribution in [3.8, 4) is 0 Å². The summed E-state index contributed by atoms with van der Waals surface area (Å²) in [7, 11) is 0. The lowest BCUT2D eigenvalue weighted by Crippen LogP contribution is -2.37. The van der Waals surface area contributed by atoms with Crippen LogP contribution in [0.1, 0.15) is 31.4 Å². The van der Waals surface area contributed by atoms with Crippen LogP contribution in [-0.2, 0) is 9.59 Å². The van der Waals surface area contributed by atoms with Gasteiger partial charge in [-0.1, -0.05) is 12.1 Å². The Kier molecular flexibility index (Phi) is 4.66. The van der Waals surface area contributed by atoms with Crippen LogP contribution in [0, 0.1) is 19.8 Å². The first kappa shape index (κ1) is 15.5. The second kappa shape index (κ2) is 6.29. The van der Waals surface area contributed by atoms with Crippen molar-refractivity contribution in [3.63, 3.8) is 0 Å². The van der Waals surface area contributed by atoms with Crippen LogP contribution in [0.25, 0.3) is 0 Å². The molecule has 0 aromatic heterocycles. The second-order valence-electron chi connectivity index (χ2n) is 5.71. The molecule has 1 saturated heterocycles. The maximum Gasteiger partial charge on any atom is 0.227 e. The van der Waals surface area contributed by atoms with Gasteiger partial charge in [-0.25, -0.2) is 0 Å². The van der Waals surface area contributed by atoms with Gasteiger partial charge < -0.3 is 9.80 Å². The Morgan fingerprint density at radius 2 is 1.95 bits per heavy atom. The number of amides is 2. The Hall–Kier alpha value is -1.84. The van der Waals surface area contributed by atoms with Gasteiger partial charge in [0.2, 0.25) is 11.8 Å². The quantitative estimate of drug-likeness (QED) is 0.854. The molecule has 0 aliphatic carbocycles. The van der Waals surface area contributed by atoms with Crippen molar-refractivity contribution in [2.24, 2.45) is 5.92 Å². The molecule has 0 N–H and O–H groups in total. The van der Waals surface area contributed by atoms with Crippen LogP contribution in [0.15, 0.2) is 18.2 Å². The van der Waals surface area contributed by atoms with E-state index in [-0.39, 0.29) is 17.7 Å². The Balaban J connectivity index is 2.20. The summed E-state index contributed by atoms with van der Waals surface area (Å²) in [6, 6.07) is 6.09. The van der Waals surface area contributed by atoms with Gasteiger partial charge in [0.25, 0.3) is 0 Å². The third-order valence-electron chi connectivity index (χ3n) is 4.20. The molecule has 0 saturated carbocycles. The SMILES string of the molecule is CCN(CC)C(=O)C1CC(=O)N(c2cc(C)ccc2C)C1. The molecule has 1 unspecified atom stereocenters. The zero-order valence-corrected chi connectivity index (χ0v) is 13.3. The fourth-order valence-corrected chi connectivity index (χ4v) is 2.91. The van der Waals surface area contributed by atoms with E-state index < -0.39 is 0 Å². The van der Waals surface area contributed by atoms with Crippen LogP contribution in [-0.4, -0.2) is 36.3 Å². The average Bonchev–Trinajstić information content (AvgIpc) is 2.84. The van der Waals surface area contributed by atoms with Gasteiger partial charge in [0.15, 0.2) is 0 Å². The number of carbonyl (C=O) groups excluding carboxylic acids is 2. The Bertz CT molecular complexity index is 550. The molecule has 1 aliphatic heterocycles. The standard InChI is InChI=1S/C17H24N2O2/c1-5-18(6-2)17(21)14-10-16(20)19(11-14)15-9-12(3)7-8-13(15)4/h7-9,14H,5-6,10-11H2,1-4H3. The van der Waals surface area contributed by atoms with Gasteiger partial charge in [-0.3, -0.25) is 9.59 Å². The van der Waals surface area contributed by atoms with Gasteiger partial charge in [0.05, 0.1) is 5.92 Å². The van der Waals surface area contributed by atoms with E-state index >= 15 is 0 Å². The molecule has 0 radical (unpaired) electrons. The third kappa shape index (κ3) is 3.09. The first-order valence-electron chi connectivity index (χ1n) is 7.64. The van der Waals surface area contributed by atoms with Crippen LogP contribution in [0.4, 0.5) is 5.69 Å². The van der Waals surface area contributed by atoms with Crippen molar-refractivity contribution in [3.05, 3.63) is 29.3 Å². The summed E-state index contributed by atoms with van der Waals surface area (Å²) in [4.78, 5) is 28.3. The Morgan fingerprint density at radius 1 is 1.29 bits per heavy atom. The monoisotopic (exact) mass is 288 g/mol. The molecular weight excluding hydrogens is 264 g/mol. The summed E-state index contributed by atoms with van der Waals surface area (Å²) in [5.74, 6) is -0.0623. The van der Waals surface area contributed by atoms with Gasteiger partial charge in [0.1, 0.15) is 0 Å². The lowest BCUT2D eigenvalue weighted by molar-refractivity contribution is -0.135. The number of nitrogens with zero attached hydrogens (tertiary/aromatic N) is 2. The lowest BCUT2D eigenvalue weighted by Gasteiger charge is -2.23. The summed E-state index contributed by atoms with van der Waals surface area (Å²) in [5, 5.41) is 0. The largest absolute Gasteiger partial charge is 0.343 e. The summed E-state index contributed by atoms with van der Waals surface area (Å²) in [6.07, 6.45) is 0.322. The number of aryl methyl sites for hydroxylation is 2. The number of rotatable bonds is 4. The zero-order valence-electron chi connectivity index (χ0n) is 13.3. The Labute approximate surface area is 126 Å². The highest BCUT2D eigenvalue weighted by molar-refractivity contribution is 6.00. The zero-order chi connectivity index (χ0) is 15.6. The van der Waals surface area contributed by atoms with Crippen molar-refractivity contribution in [1.82, 2.24) is 4.90 Å². The normalized spacial score (nSPS) is 18.2. The minimum Gasteiger partial charge on any atom is -0.343 e. The molecule has 4 nitrogen and oxygen atoms in total.